The second kappa shape index (κ2) is 3.64. The fraction of sp³-hybridized carbons (Fsp3) is 0.364. The van der Waals surface area contributed by atoms with Crippen molar-refractivity contribution in [2.45, 2.75) is 12.5 Å². The molecule has 0 fully saturated rings. The molecule has 15 heavy (non-hydrogen) atoms. The minimum absolute atomic E-state index is 0.520. The van der Waals surface area contributed by atoms with Gasteiger partial charge in [0.2, 0.25) is 0 Å². The highest BCUT2D eigenvalue weighted by Gasteiger charge is 2.22. The zero-order chi connectivity index (χ0) is 10.9. The molecule has 1 aromatic carbocycles. The minimum atomic E-state index is -0.853. The van der Waals surface area contributed by atoms with Gasteiger partial charge in [0.05, 0.1) is 23.0 Å². The summed E-state index contributed by atoms with van der Waals surface area (Å²) in [6.45, 7) is 2.31. The van der Waals surface area contributed by atoms with Crippen LogP contribution in [0.3, 0.4) is 0 Å². The molecular formula is C11H15N3O. The highest BCUT2D eigenvalue weighted by molar-refractivity contribution is 5.75. The lowest BCUT2D eigenvalue weighted by Crippen LogP contribution is -2.33. The van der Waals surface area contributed by atoms with Crippen LogP contribution in [-0.4, -0.2) is 28.7 Å². The van der Waals surface area contributed by atoms with Crippen molar-refractivity contribution < 1.29 is 5.11 Å². The summed E-state index contributed by atoms with van der Waals surface area (Å²) in [7, 11) is 1.82. The van der Waals surface area contributed by atoms with Crippen LogP contribution in [-0.2, 0) is 5.60 Å². The number of nitrogens with zero attached hydrogens (tertiary/aromatic N) is 1. The Morgan fingerprint density at radius 3 is 3.07 bits per heavy atom. The van der Waals surface area contributed by atoms with Gasteiger partial charge in [-0.3, -0.25) is 0 Å². The Morgan fingerprint density at radius 2 is 2.33 bits per heavy atom. The zero-order valence-corrected chi connectivity index (χ0v) is 8.91. The summed E-state index contributed by atoms with van der Waals surface area (Å²) >= 11 is 0. The molecule has 80 valence electrons. The number of imidazole rings is 1. The van der Waals surface area contributed by atoms with Crippen LogP contribution in [0, 0.1) is 0 Å². The topological polar surface area (TPSA) is 60.9 Å². The van der Waals surface area contributed by atoms with Gasteiger partial charge in [-0.25, -0.2) is 4.98 Å². The molecule has 2 rings (SSSR count). The van der Waals surface area contributed by atoms with E-state index in [9.17, 15) is 5.11 Å². The number of hydrogen-bond acceptors (Lipinski definition) is 3. The smallest absolute Gasteiger partial charge is 0.0992 e. The van der Waals surface area contributed by atoms with Crippen molar-refractivity contribution in [1.29, 1.82) is 0 Å². The lowest BCUT2D eigenvalue weighted by atomic mass is 9.96. The van der Waals surface area contributed by atoms with E-state index in [0.717, 1.165) is 16.6 Å². The van der Waals surface area contributed by atoms with Crippen LogP contribution in [0.15, 0.2) is 24.5 Å². The summed E-state index contributed by atoms with van der Waals surface area (Å²) in [5.74, 6) is 0. The first-order valence-corrected chi connectivity index (χ1v) is 4.94. The standard InChI is InChI=1S/C11H15N3O/c1-11(15,6-12-2)8-3-4-9-10(5-8)14-7-13-9/h3-5,7,12,15H,6H2,1-2H3,(H,13,14). The minimum Gasteiger partial charge on any atom is -0.384 e. The first kappa shape index (κ1) is 10.1. The maximum absolute atomic E-state index is 10.2. The van der Waals surface area contributed by atoms with E-state index < -0.39 is 5.60 Å². The van der Waals surface area contributed by atoms with Gasteiger partial charge in [0.25, 0.3) is 0 Å². The molecule has 1 unspecified atom stereocenters. The lowest BCUT2D eigenvalue weighted by Gasteiger charge is -2.23. The van der Waals surface area contributed by atoms with Crippen LogP contribution in [0.1, 0.15) is 12.5 Å². The van der Waals surface area contributed by atoms with Gasteiger partial charge in [-0.05, 0) is 31.7 Å². The van der Waals surface area contributed by atoms with Gasteiger partial charge in [0, 0.05) is 6.54 Å². The molecule has 0 bridgehead atoms. The van der Waals surface area contributed by atoms with Gasteiger partial charge in [0.15, 0.2) is 0 Å². The molecule has 1 aromatic heterocycles. The van der Waals surface area contributed by atoms with Gasteiger partial charge < -0.3 is 15.4 Å². The van der Waals surface area contributed by atoms with Crippen LogP contribution in [0.5, 0.6) is 0 Å². The van der Waals surface area contributed by atoms with Gasteiger partial charge in [-0.2, -0.15) is 0 Å². The van der Waals surface area contributed by atoms with E-state index in [0.29, 0.717) is 6.54 Å². The van der Waals surface area contributed by atoms with Gasteiger partial charge in [0.1, 0.15) is 0 Å². The molecular weight excluding hydrogens is 190 g/mol. The third kappa shape index (κ3) is 1.86. The molecule has 0 amide bonds. The molecule has 0 spiro atoms. The molecule has 2 aromatic rings. The maximum atomic E-state index is 10.2. The third-order valence-electron chi connectivity index (χ3n) is 2.56. The van der Waals surface area contributed by atoms with Crippen LogP contribution < -0.4 is 5.32 Å². The summed E-state index contributed by atoms with van der Waals surface area (Å²) in [4.78, 5) is 7.17. The number of likely N-dealkylation sites (N-methyl/N-ethyl adjacent to an activating group) is 1. The number of aromatic amines is 1. The number of fused-ring (bicyclic) bond motifs is 1. The normalized spacial score (nSPS) is 15.4. The van der Waals surface area contributed by atoms with E-state index in [-0.39, 0.29) is 0 Å². The highest BCUT2D eigenvalue weighted by atomic mass is 16.3. The number of H-pyrrole nitrogens is 1. The molecule has 4 heteroatoms. The first-order valence-electron chi connectivity index (χ1n) is 4.94. The summed E-state index contributed by atoms with van der Waals surface area (Å²) in [5.41, 5.74) is 1.89. The monoisotopic (exact) mass is 205 g/mol. The molecule has 0 aliphatic heterocycles. The van der Waals surface area contributed by atoms with Gasteiger partial charge >= 0.3 is 0 Å². The fourth-order valence-corrected chi connectivity index (χ4v) is 1.72. The number of aromatic nitrogens is 2. The molecule has 0 saturated heterocycles. The average molecular weight is 205 g/mol. The van der Waals surface area contributed by atoms with Crippen molar-refractivity contribution in [1.82, 2.24) is 15.3 Å². The summed E-state index contributed by atoms with van der Waals surface area (Å²) in [5, 5.41) is 13.2. The predicted molar refractivity (Wildman–Crippen MR) is 59.6 cm³/mol. The van der Waals surface area contributed by atoms with E-state index >= 15 is 0 Å². The molecule has 1 atom stereocenters. The number of nitrogens with one attached hydrogen (secondary N) is 2. The molecule has 0 saturated carbocycles. The Kier molecular flexibility index (Phi) is 2.46. The third-order valence-corrected chi connectivity index (χ3v) is 2.56. The van der Waals surface area contributed by atoms with Crippen LogP contribution in [0.4, 0.5) is 0 Å². The van der Waals surface area contributed by atoms with E-state index in [1.807, 2.05) is 25.2 Å². The van der Waals surface area contributed by atoms with E-state index in [2.05, 4.69) is 15.3 Å². The number of hydrogen-bond donors (Lipinski definition) is 3. The second-order valence-electron chi connectivity index (χ2n) is 3.94. The maximum Gasteiger partial charge on any atom is 0.0992 e. The fourth-order valence-electron chi connectivity index (χ4n) is 1.72. The summed E-state index contributed by atoms with van der Waals surface area (Å²) in [6, 6.07) is 5.74. The molecule has 4 nitrogen and oxygen atoms in total. The molecule has 0 aliphatic carbocycles. The summed E-state index contributed by atoms with van der Waals surface area (Å²) < 4.78 is 0. The molecule has 0 radical (unpaired) electrons. The Morgan fingerprint density at radius 1 is 1.53 bits per heavy atom. The molecule has 1 heterocycles. The molecule has 0 aliphatic rings. The van der Waals surface area contributed by atoms with Gasteiger partial charge in [-0.1, -0.05) is 6.07 Å². The van der Waals surface area contributed by atoms with Crippen molar-refractivity contribution in [2.24, 2.45) is 0 Å². The quantitative estimate of drug-likeness (QED) is 0.700. The molecule has 3 N–H and O–H groups in total. The van der Waals surface area contributed by atoms with Crippen molar-refractivity contribution in [3.8, 4) is 0 Å². The SMILES string of the molecule is CNCC(C)(O)c1ccc2nc[nH]c2c1. The number of benzene rings is 1. The van der Waals surface area contributed by atoms with Crippen molar-refractivity contribution in [3.63, 3.8) is 0 Å². The predicted octanol–water partition coefficient (Wildman–Crippen LogP) is 0.990. The van der Waals surface area contributed by atoms with Crippen molar-refractivity contribution in [3.05, 3.63) is 30.1 Å². The zero-order valence-electron chi connectivity index (χ0n) is 8.91. The van der Waals surface area contributed by atoms with E-state index in [1.54, 1.807) is 13.3 Å². The Labute approximate surface area is 88.3 Å². The number of rotatable bonds is 3. The summed E-state index contributed by atoms with van der Waals surface area (Å²) in [6.07, 6.45) is 1.65. The first-order chi connectivity index (χ1) is 7.13. The van der Waals surface area contributed by atoms with Crippen molar-refractivity contribution in [2.75, 3.05) is 13.6 Å². The van der Waals surface area contributed by atoms with Crippen LogP contribution >= 0.6 is 0 Å². The van der Waals surface area contributed by atoms with Crippen molar-refractivity contribution >= 4 is 11.0 Å². The average Bonchev–Trinajstić information content (AvgIpc) is 2.63. The number of aliphatic hydroxyl groups is 1. The van der Waals surface area contributed by atoms with Gasteiger partial charge in [-0.15, -0.1) is 0 Å². The van der Waals surface area contributed by atoms with E-state index in [4.69, 9.17) is 0 Å². The van der Waals surface area contributed by atoms with Crippen LogP contribution in [0.2, 0.25) is 0 Å². The van der Waals surface area contributed by atoms with Crippen LogP contribution in [0.25, 0.3) is 11.0 Å². The largest absolute Gasteiger partial charge is 0.384 e. The lowest BCUT2D eigenvalue weighted by molar-refractivity contribution is 0.0593. The Hall–Kier alpha value is -1.39. The Balaban J connectivity index is 2.42. The highest BCUT2D eigenvalue weighted by Crippen LogP contribution is 2.22. The second-order valence-corrected chi connectivity index (χ2v) is 3.94. The Bertz CT molecular complexity index is 462. The van der Waals surface area contributed by atoms with E-state index in [1.165, 1.54) is 0 Å².